The SMILES string of the molecule is Cc1cc(F)ccc1NC(=O)c1cc(N)nc(Cl)c1. The summed E-state index contributed by atoms with van der Waals surface area (Å²) in [5.74, 6) is -0.578. The van der Waals surface area contributed by atoms with Crippen molar-refractivity contribution in [1.82, 2.24) is 4.98 Å². The van der Waals surface area contributed by atoms with E-state index in [9.17, 15) is 9.18 Å². The number of nitrogens with two attached hydrogens (primary N) is 1. The number of aromatic nitrogens is 1. The number of nitrogen functional groups attached to an aromatic ring is 1. The average molecular weight is 280 g/mol. The number of hydrogen-bond acceptors (Lipinski definition) is 3. The molecule has 98 valence electrons. The number of hydrogen-bond donors (Lipinski definition) is 2. The van der Waals surface area contributed by atoms with E-state index in [4.69, 9.17) is 17.3 Å². The van der Waals surface area contributed by atoms with Crippen LogP contribution in [0.3, 0.4) is 0 Å². The molecule has 0 fully saturated rings. The van der Waals surface area contributed by atoms with Gasteiger partial charge < -0.3 is 11.1 Å². The predicted molar refractivity (Wildman–Crippen MR) is 72.7 cm³/mol. The molecule has 0 aliphatic rings. The maximum Gasteiger partial charge on any atom is 0.255 e. The largest absolute Gasteiger partial charge is 0.384 e. The van der Waals surface area contributed by atoms with Crippen LogP contribution in [0.5, 0.6) is 0 Å². The number of benzene rings is 1. The number of aryl methyl sites for hydroxylation is 1. The second kappa shape index (κ2) is 5.24. The fourth-order valence-electron chi connectivity index (χ4n) is 1.61. The van der Waals surface area contributed by atoms with Gasteiger partial charge in [-0.05, 0) is 42.8 Å². The molecular formula is C13H11ClFN3O. The van der Waals surface area contributed by atoms with E-state index in [2.05, 4.69) is 10.3 Å². The highest BCUT2D eigenvalue weighted by Gasteiger charge is 2.10. The zero-order valence-electron chi connectivity index (χ0n) is 10.1. The molecule has 1 amide bonds. The van der Waals surface area contributed by atoms with Gasteiger partial charge in [-0.2, -0.15) is 0 Å². The highest BCUT2D eigenvalue weighted by molar-refractivity contribution is 6.30. The Balaban J connectivity index is 2.25. The first kappa shape index (κ1) is 13.3. The Labute approximate surface area is 114 Å². The fraction of sp³-hybridized carbons (Fsp3) is 0.0769. The summed E-state index contributed by atoms with van der Waals surface area (Å²) in [5, 5.41) is 2.80. The summed E-state index contributed by atoms with van der Waals surface area (Å²) >= 11 is 5.73. The summed E-state index contributed by atoms with van der Waals surface area (Å²) in [7, 11) is 0. The Morgan fingerprint density at radius 2 is 2.11 bits per heavy atom. The molecule has 4 nitrogen and oxygen atoms in total. The summed E-state index contributed by atoms with van der Waals surface area (Å²) < 4.78 is 13.0. The molecule has 0 bridgehead atoms. The van der Waals surface area contributed by atoms with E-state index in [1.165, 1.54) is 30.3 Å². The molecular weight excluding hydrogens is 269 g/mol. The van der Waals surface area contributed by atoms with Crippen molar-refractivity contribution in [3.05, 3.63) is 52.4 Å². The van der Waals surface area contributed by atoms with Gasteiger partial charge in [0, 0.05) is 11.3 Å². The highest BCUT2D eigenvalue weighted by Crippen LogP contribution is 2.18. The summed E-state index contributed by atoms with van der Waals surface area (Å²) in [6, 6.07) is 6.93. The van der Waals surface area contributed by atoms with Crippen LogP contribution in [0.1, 0.15) is 15.9 Å². The molecule has 6 heteroatoms. The Hall–Kier alpha value is -2.14. The zero-order chi connectivity index (χ0) is 14.0. The van der Waals surface area contributed by atoms with Crippen LogP contribution in [0.25, 0.3) is 0 Å². The number of rotatable bonds is 2. The van der Waals surface area contributed by atoms with Crippen molar-refractivity contribution >= 4 is 29.0 Å². The molecule has 2 rings (SSSR count). The zero-order valence-corrected chi connectivity index (χ0v) is 10.8. The Bertz CT molecular complexity index is 626. The third-order valence-corrected chi connectivity index (χ3v) is 2.71. The molecule has 19 heavy (non-hydrogen) atoms. The van der Waals surface area contributed by atoms with Crippen LogP contribution in [-0.4, -0.2) is 10.9 Å². The van der Waals surface area contributed by atoms with Gasteiger partial charge in [0.2, 0.25) is 0 Å². The quantitative estimate of drug-likeness (QED) is 0.830. The number of pyridine rings is 1. The van der Waals surface area contributed by atoms with Crippen LogP contribution in [0.4, 0.5) is 15.9 Å². The number of halogens is 2. The molecule has 3 N–H and O–H groups in total. The molecule has 0 aliphatic heterocycles. The molecule has 2 aromatic rings. The van der Waals surface area contributed by atoms with Crippen LogP contribution >= 0.6 is 11.6 Å². The minimum Gasteiger partial charge on any atom is -0.384 e. The van der Waals surface area contributed by atoms with Crippen molar-refractivity contribution in [2.45, 2.75) is 6.92 Å². The van der Waals surface area contributed by atoms with Gasteiger partial charge in [0.05, 0.1) is 0 Å². The van der Waals surface area contributed by atoms with Gasteiger partial charge in [-0.1, -0.05) is 11.6 Å². The number of nitrogens with one attached hydrogen (secondary N) is 1. The van der Waals surface area contributed by atoms with E-state index in [-0.39, 0.29) is 22.7 Å². The van der Waals surface area contributed by atoms with Crippen LogP contribution in [0.15, 0.2) is 30.3 Å². The molecule has 1 aromatic carbocycles. The molecule has 0 saturated heterocycles. The van der Waals surface area contributed by atoms with Gasteiger partial charge in [-0.3, -0.25) is 4.79 Å². The lowest BCUT2D eigenvalue weighted by Crippen LogP contribution is -2.13. The standard InChI is InChI=1S/C13H11ClFN3O/c1-7-4-9(15)2-3-10(7)17-13(19)8-5-11(14)18-12(16)6-8/h2-6H,1H3,(H2,16,18)(H,17,19). The molecule has 0 saturated carbocycles. The minimum atomic E-state index is -0.384. The van der Waals surface area contributed by atoms with Crippen LogP contribution in [0.2, 0.25) is 5.15 Å². The fourth-order valence-corrected chi connectivity index (χ4v) is 1.83. The third kappa shape index (κ3) is 3.20. The van der Waals surface area contributed by atoms with E-state index < -0.39 is 0 Å². The topological polar surface area (TPSA) is 68.0 Å². The monoisotopic (exact) mass is 279 g/mol. The van der Waals surface area contributed by atoms with Crippen molar-refractivity contribution in [3.8, 4) is 0 Å². The predicted octanol–water partition coefficient (Wildman–Crippen LogP) is 3.02. The maximum absolute atomic E-state index is 13.0. The van der Waals surface area contributed by atoms with Gasteiger partial charge in [0.15, 0.2) is 0 Å². The first-order chi connectivity index (χ1) is 8.95. The number of anilines is 2. The molecule has 0 spiro atoms. The summed E-state index contributed by atoms with van der Waals surface area (Å²) in [4.78, 5) is 15.8. The van der Waals surface area contributed by atoms with Crippen LogP contribution in [-0.2, 0) is 0 Å². The van der Waals surface area contributed by atoms with Gasteiger partial charge >= 0.3 is 0 Å². The smallest absolute Gasteiger partial charge is 0.255 e. The van der Waals surface area contributed by atoms with Crippen molar-refractivity contribution in [3.63, 3.8) is 0 Å². The summed E-state index contributed by atoms with van der Waals surface area (Å²) in [5.41, 5.74) is 6.96. The van der Waals surface area contributed by atoms with Gasteiger partial charge in [0.25, 0.3) is 5.91 Å². The molecule has 0 unspecified atom stereocenters. The van der Waals surface area contributed by atoms with Crippen LogP contribution in [0, 0.1) is 12.7 Å². The lowest BCUT2D eigenvalue weighted by molar-refractivity contribution is 0.102. The lowest BCUT2D eigenvalue weighted by Gasteiger charge is -2.09. The van der Waals surface area contributed by atoms with Crippen molar-refractivity contribution in [1.29, 1.82) is 0 Å². The van der Waals surface area contributed by atoms with Gasteiger partial charge in [-0.25, -0.2) is 9.37 Å². The van der Waals surface area contributed by atoms with E-state index in [1.807, 2.05) is 0 Å². The Kier molecular flexibility index (Phi) is 3.66. The van der Waals surface area contributed by atoms with Crippen molar-refractivity contribution < 1.29 is 9.18 Å². The van der Waals surface area contributed by atoms with E-state index >= 15 is 0 Å². The van der Waals surface area contributed by atoms with Crippen molar-refractivity contribution in [2.75, 3.05) is 11.1 Å². The van der Waals surface area contributed by atoms with Gasteiger partial charge in [0.1, 0.15) is 16.8 Å². The Morgan fingerprint density at radius 1 is 1.37 bits per heavy atom. The average Bonchev–Trinajstić information content (AvgIpc) is 2.31. The molecule has 0 atom stereocenters. The third-order valence-electron chi connectivity index (χ3n) is 2.51. The molecule has 1 aromatic heterocycles. The lowest BCUT2D eigenvalue weighted by atomic mass is 10.1. The molecule has 0 aliphatic carbocycles. The number of carbonyl (C=O) groups excluding carboxylic acids is 1. The first-order valence-corrected chi connectivity index (χ1v) is 5.84. The minimum absolute atomic E-state index is 0.140. The number of amides is 1. The second-order valence-corrected chi connectivity index (χ2v) is 4.40. The van der Waals surface area contributed by atoms with Gasteiger partial charge in [-0.15, -0.1) is 0 Å². The normalized spacial score (nSPS) is 10.3. The molecule has 1 heterocycles. The first-order valence-electron chi connectivity index (χ1n) is 5.46. The second-order valence-electron chi connectivity index (χ2n) is 4.02. The highest BCUT2D eigenvalue weighted by atomic mass is 35.5. The van der Waals surface area contributed by atoms with Crippen LogP contribution < -0.4 is 11.1 Å². The molecule has 0 radical (unpaired) electrons. The summed E-state index contributed by atoms with van der Waals surface area (Å²) in [6.07, 6.45) is 0. The number of nitrogens with zero attached hydrogens (tertiary/aromatic N) is 1. The van der Waals surface area contributed by atoms with E-state index in [0.29, 0.717) is 16.8 Å². The van der Waals surface area contributed by atoms with E-state index in [0.717, 1.165) is 0 Å². The van der Waals surface area contributed by atoms with Crippen molar-refractivity contribution in [2.24, 2.45) is 0 Å². The number of carbonyl (C=O) groups is 1. The summed E-state index contributed by atoms with van der Waals surface area (Å²) in [6.45, 7) is 1.70. The maximum atomic E-state index is 13.0. The Morgan fingerprint density at radius 3 is 2.74 bits per heavy atom. The van der Waals surface area contributed by atoms with E-state index in [1.54, 1.807) is 6.92 Å².